The Labute approximate surface area is 338 Å². The minimum atomic E-state index is -3.38. The molecule has 4 N–H and O–H groups in total. The summed E-state index contributed by atoms with van der Waals surface area (Å²) in [6.45, 7) is 2.04. The van der Waals surface area contributed by atoms with E-state index >= 15 is 0 Å². The molecule has 0 spiro atoms. The summed E-state index contributed by atoms with van der Waals surface area (Å²) in [4.78, 5) is 37.4. The molecule has 0 radical (unpaired) electrons. The predicted octanol–water partition coefficient (Wildman–Crippen LogP) is 1.42. The maximum Gasteiger partial charge on any atom is 1.00 e. The standard InChI is InChI=1S/C18H23N3O4S.C17H21N3O4S.CH4.Na.H2O/c1-25-18(22)13-9-14(10-13)26(23,24)21-7-4-12(5-8-21)16-11-20-17-15(16)3-2-6-19-17;21-17(22)12-8-13(9-12)25(23,24)20-6-3-11(4-7-20)15-10-19-16-14(15)2-1-5-18-16;;;/h2-3,6,11-14H,4-5,7-10H2,1H3,(H,19,20);1-2,5,10-13H,3-4,6-9H2,(H,18,19)(H,21,22);1H4;;1H2/q;;;+1;/p-1. The number of nitrogens with one attached hydrogen (secondary N) is 2. The molecular weight excluding hydrogens is 748 g/mol. The first-order valence-electron chi connectivity index (χ1n) is 17.6. The fourth-order valence-corrected chi connectivity index (χ4v) is 12.3. The van der Waals surface area contributed by atoms with Gasteiger partial charge in [-0.1, -0.05) is 7.43 Å². The molecule has 54 heavy (non-hydrogen) atoms. The van der Waals surface area contributed by atoms with Gasteiger partial charge in [0, 0.05) is 61.7 Å². The molecule has 6 heterocycles. The molecular formula is C36H49N6NaO9S2. The third-order valence-corrected chi connectivity index (χ3v) is 16.0. The van der Waals surface area contributed by atoms with Crippen molar-refractivity contribution >= 4 is 54.1 Å². The second-order valence-corrected chi connectivity index (χ2v) is 18.6. The van der Waals surface area contributed by atoms with Crippen LogP contribution in [0.25, 0.3) is 22.1 Å². The van der Waals surface area contributed by atoms with E-state index in [1.165, 1.54) is 18.2 Å². The van der Waals surface area contributed by atoms with Gasteiger partial charge in [0.05, 0.1) is 29.4 Å². The molecule has 4 fully saturated rings. The van der Waals surface area contributed by atoms with Crippen molar-refractivity contribution in [2.24, 2.45) is 11.8 Å². The summed E-state index contributed by atoms with van der Waals surface area (Å²) >= 11 is 0. The van der Waals surface area contributed by atoms with Crippen molar-refractivity contribution in [2.75, 3.05) is 33.3 Å². The van der Waals surface area contributed by atoms with E-state index in [0.717, 1.165) is 47.8 Å². The van der Waals surface area contributed by atoms with E-state index < -0.39 is 42.4 Å². The zero-order valence-corrected chi connectivity index (χ0v) is 33.6. The Balaban J connectivity index is 0.000000228. The van der Waals surface area contributed by atoms with E-state index in [2.05, 4.69) is 26.0 Å². The van der Waals surface area contributed by atoms with E-state index in [9.17, 15) is 26.4 Å². The van der Waals surface area contributed by atoms with E-state index in [-0.39, 0.29) is 67.2 Å². The second kappa shape index (κ2) is 17.9. The molecule has 0 atom stereocenters. The molecule has 8 rings (SSSR count). The number of H-pyrrole nitrogens is 2. The number of ether oxygens (including phenoxy) is 1. The van der Waals surface area contributed by atoms with Crippen LogP contribution in [0.15, 0.2) is 49.1 Å². The van der Waals surface area contributed by atoms with Crippen molar-refractivity contribution in [1.29, 1.82) is 0 Å². The van der Waals surface area contributed by atoms with Crippen LogP contribution < -0.4 is 29.6 Å². The van der Waals surface area contributed by atoms with Gasteiger partial charge in [-0.05, 0) is 98.6 Å². The summed E-state index contributed by atoms with van der Waals surface area (Å²) in [5.41, 5.74) is 4.16. The number of carbonyl (C=O) groups excluding carboxylic acids is 1. The number of methoxy groups -OCH3 is 1. The van der Waals surface area contributed by atoms with Crippen molar-refractivity contribution < 1.29 is 71.3 Å². The SMILES string of the molecule is C.COC(=O)C1CC(S(=O)(=O)N2CCC(c3c[nH]c4ncccc34)CC2)C1.O=C(O)C1CC(S(=O)(=O)N2CCC(c3c[nH]c4ncccc34)CC2)C1.[Na+].[OH-]. The molecule has 18 heteroatoms. The Morgan fingerprint density at radius 2 is 1.13 bits per heavy atom. The number of carboxylic acids is 1. The second-order valence-electron chi connectivity index (χ2n) is 14.2. The summed E-state index contributed by atoms with van der Waals surface area (Å²) in [5, 5.41) is 10.2. The van der Waals surface area contributed by atoms with Gasteiger partial charge in [0.1, 0.15) is 11.3 Å². The monoisotopic (exact) mass is 796 g/mol. The minimum Gasteiger partial charge on any atom is -0.870 e. The first-order valence-corrected chi connectivity index (χ1v) is 20.6. The van der Waals surface area contributed by atoms with Crippen molar-refractivity contribution in [3.63, 3.8) is 0 Å². The fourth-order valence-electron chi connectivity index (χ4n) is 8.07. The number of piperidine rings is 2. The molecule has 2 aliphatic carbocycles. The Bertz CT molecular complexity index is 2120. The fraction of sp³-hybridized carbons (Fsp3) is 0.556. The van der Waals surface area contributed by atoms with Crippen molar-refractivity contribution in [1.82, 2.24) is 28.5 Å². The van der Waals surface area contributed by atoms with E-state index in [1.807, 2.05) is 30.6 Å². The van der Waals surface area contributed by atoms with Crippen molar-refractivity contribution in [3.8, 4) is 0 Å². The van der Waals surface area contributed by atoms with E-state index in [4.69, 9.17) is 9.84 Å². The topological polar surface area (TPSA) is 226 Å². The number of esters is 1. The molecule has 0 bridgehead atoms. The van der Waals surface area contributed by atoms with E-state index in [0.29, 0.717) is 50.9 Å². The van der Waals surface area contributed by atoms with Crippen LogP contribution in [0.4, 0.5) is 0 Å². The van der Waals surface area contributed by atoms with Gasteiger partial charge in [-0.3, -0.25) is 9.59 Å². The van der Waals surface area contributed by atoms with Gasteiger partial charge in [-0.25, -0.2) is 35.4 Å². The first kappa shape index (κ1) is 43.8. The Hall–Kier alpha value is -2.90. The number of sulfonamides is 2. The number of nitrogens with zero attached hydrogens (tertiary/aromatic N) is 4. The van der Waals surface area contributed by atoms with Crippen LogP contribution in [0.5, 0.6) is 0 Å². The molecule has 0 unspecified atom stereocenters. The molecule has 4 aromatic rings. The number of carbonyl (C=O) groups is 2. The molecule has 2 saturated heterocycles. The van der Waals surface area contributed by atoms with Crippen LogP contribution in [0, 0.1) is 11.8 Å². The van der Waals surface area contributed by atoms with Crippen LogP contribution in [0.1, 0.15) is 81.8 Å². The van der Waals surface area contributed by atoms with Crippen LogP contribution in [-0.2, 0) is 34.4 Å². The van der Waals surface area contributed by atoms with Crippen LogP contribution in [-0.4, -0.2) is 112 Å². The normalized spacial score (nSPS) is 24.0. The zero-order chi connectivity index (χ0) is 35.9. The molecule has 290 valence electrons. The summed E-state index contributed by atoms with van der Waals surface area (Å²) in [7, 11) is -5.36. The number of rotatable bonds is 8. The summed E-state index contributed by atoms with van der Waals surface area (Å²) in [6.07, 6.45) is 11.9. The number of pyridine rings is 2. The maximum atomic E-state index is 12.8. The molecule has 15 nitrogen and oxygen atoms in total. The molecule has 4 aromatic heterocycles. The molecule has 0 amide bonds. The average molecular weight is 797 g/mol. The van der Waals surface area contributed by atoms with Crippen molar-refractivity contribution in [2.45, 2.75) is 81.1 Å². The van der Waals surface area contributed by atoms with Gasteiger partial charge in [0.2, 0.25) is 20.0 Å². The summed E-state index contributed by atoms with van der Waals surface area (Å²) < 4.78 is 58.7. The number of aromatic nitrogens is 4. The molecule has 0 aromatic carbocycles. The average Bonchev–Trinajstić information content (AvgIpc) is 3.72. The smallest absolute Gasteiger partial charge is 0.870 e. The molecule has 2 aliphatic heterocycles. The van der Waals surface area contributed by atoms with Crippen LogP contribution in [0.3, 0.4) is 0 Å². The van der Waals surface area contributed by atoms with Crippen molar-refractivity contribution in [3.05, 3.63) is 60.2 Å². The number of aromatic amines is 2. The number of carboxylic acid groups (broad SMARTS) is 1. The summed E-state index contributed by atoms with van der Waals surface area (Å²) in [5.74, 6) is -1.31. The third-order valence-electron chi connectivity index (χ3n) is 11.4. The van der Waals surface area contributed by atoms with Gasteiger partial charge >= 0.3 is 41.5 Å². The number of hydrogen-bond acceptors (Lipinski definition) is 10. The van der Waals surface area contributed by atoms with Crippen LogP contribution in [0.2, 0.25) is 0 Å². The Kier molecular flexibility index (Phi) is 14.5. The largest absolute Gasteiger partial charge is 1.00 e. The number of fused-ring (bicyclic) bond motifs is 2. The van der Waals surface area contributed by atoms with Crippen LogP contribution >= 0.6 is 0 Å². The molecule has 2 saturated carbocycles. The van der Waals surface area contributed by atoms with E-state index in [1.54, 1.807) is 21.0 Å². The zero-order valence-electron chi connectivity index (χ0n) is 29.9. The number of hydrogen-bond donors (Lipinski definition) is 3. The first-order chi connectivity index (χ1) is 24.5. The third kappa shape index (κ3) is 8.57. The van der Waals surface area contributed by atoms with Gasteiger partial charge in [0.15, 0.2) is 0 Å². The Morgan fingerprint density at radius 3 is 1.50 bits per heavy atom. The quantitative estimate of drug-likeness (QED) is 0.171. The van der Waals surface area contributed by atoms with Gasteiger partial charge in [-0.15, -0.1) is 0 Å². The predicted molar refractivity (Wildman–Crippen MR) is 198 cm³/mol. The summed E-state index contributed by atoms with van der Waals surface area (Å²) in [6, 6.07) is 7.93. The van der Waals surface area contributed by atoms with Gasteiger partial charge in [0.25, 0.3) is 0 Å². The van der Waals surface area contributed by atoms with Gasteiger partial charge in [-0.2, -0.15) is 0 Å². The minimum absolute atomic E-state index is 0. The van der Waals surface area contributed by atoms with Gasteiger partial charge < -0.3 is 25.3 Å². The Morgan fingerprint density at radius 1 is 0.741 bits per heavy atom. The number of aliphatic carboxylic acids is 1. The maximum absolute atomic E-state index is 12.8. The molecule has 4 aliphatic rings.